The molecule has 0 unspecified atom stereocenters. The summed E-state index contributed by atoms with van der Waals surface area (Å²) in [7, 11) is 3.24. The second-order valence-electron chi connectivity index (χ2n) is 3.05. The van der Waals surface area contributed by atoms with Gasteiger partial charge in [0.15, 0.2) is 0 Å². The van der Waals surface area contributed by atoms with Crippen molar-refractivity contribution in [3.8, 4) is 11.5 Å². The maximum absolute atomic E-state index is 6.14. The minimum atomic E-state index is 0.675. The van der Waals surface area contributed by atoms with E-state index in [1.807, 2.05) is 6.07 Å². The number of halogens is 1. The maximum Gasteiger partial charge on any atom is 0.141 e. The Hall–Kier alpha value is -0.890. The number of methoxy groups -OCH3 is 2. The van der Waals surface area contributed by atoms with E-state index in [2.05, 4.69) is 6.92 Å². The Morgan fingerprint density at radius 1 is 1.21 bits per heavy atom. The topological polar surface area (TPSA) is 18.5 Å². The van der Waals surface area contributed by atoms with Crippen molar-refractivity contribution in [1.82, 2.24) is 0 Å². The normalized spacial score (nSPS) is 10.0. The van der Waals surface area contributed by atoms with Crippen molar-refractivity contribution < 1.29 is 9.47 Å². The summed E-state index contributed by atoms with van der Waals surface area (Å²) in [5.41, 5.74) is 1.07. The van der Waals surface area contributed by atoms with Gasteiger partial charge in [-0.05, 0) is 18.1 Å². The van der Waals surface area contributed by atoms with Crippen LogP contribution in [0, 0.1) is 0 Å². The van der Waals surface area contributed by atoms with Crippen LogP contribution in [0.3, 0.4) is 0 Å². The van der Waals surface area contributed by atoms with Crippen molar-refractivity contribution >= 4 is 11.6 Å². The van der Waals surface area contributed by atoms with Crippen molar-refractivity contribution in [2.24, 2.45) is 0 Å². The van der Waals surface area contributed by atoms with Crippen LogP contribution in [0.1, 0.15) is 18.9 Å². The fourth-order valence-electron chi connectivity index (χ4n) is 1.35. The van der Waals surface area contributed by atoms with Gasteiger partial charge < -0.3 is 9.47 Å². The van der Waals surface area contributed by atoms with Gasteiger partial charge in [-0.25, -0.2) is 0 Å². The van der Waals surface area contributed by atoms with E-state index in [0.717, 1.165) is 24.2 Å². The molecule has 2 nitrogen and oxygen atoms in total. The summed E-state index contributed by atoms with van der Waals surface area (Å²) in [5.74, 6) is 1.46. The predicted octanol–water partition coefficient (Wildman–Crippen LogP) is 3.31. The van der Waals surface area contributed by atoms with E-state index in [-0.39, 0.29) is 0 Å². The van der Waals surface area contributed by atoms with Crippen LogP contribution in [-0.2, 0) is 6.42 Å². The lowest BCUT2D eigenvalue weighted by Crippen LogP contribution is -1.93. The number of hydrogen-bond acceptors (Lipinski definition) is 2. The van der Waals surface area contributed by atoms with Crippen LogP contribution in [0.25, 0.3) is 0 Å². The Morgan fingerprint density at radius 3 is 2.43 bits per heavy atom. The van der Waals surface area contributed by atoms with Gasteiger partial charge in [0.2, 0.25) is 0 Å². The Labute approximate surface area is 89.8 Å². The molecule has 0 radical (unpaired) electrons. The van der Waals surface area contributed by atoms with Gasteiger partial charge in [0.25, 0.3) is 0 Å². The first kappa shape index (κ1) is 11.2. The van der Waals surface area contributed by atoms with Crippen LogP contribution in [-0.4, -0.2) is 14.2 Å². The molecule has 78 valence electrons. The monoisotopic (exact) mass is 214 g/mol. The summed E-state index contributed by atoms with van der Waals surface area (Å²) in [6, 6.07) is 3.75. The average Bonchev–Trinajstić information content (AvgIpc) is 2.21. The lowest BCUT2D eigenvalue weighted by Gasteiger charge is -2.10. The summed E-state index contributed by atoms with van der Waals surface area (Å²) in [6.07, 6.45) is 1.99. The van der Waals surface area contributed by atoms with Gasteiger partial charge in [-0.2, -0.15) is 0 Å². The summed E-state index contributed by atoms with van der Waals surface area (Å²) in [4.78, 5) is 0. The molecule has 14 heavy (non-hydrogen) atoms. The number of hydrogen-bond donors (Lipinski definition) is 0. The third kappa shape index (κ3) is 2.32. The first-order chi connectivity index (χ1) is 6.72. The fourth-order valence-corrected chi connectivity index (χ4v) is 1.63. The van der Waals surface area contributed by atoms with Crippen LogP contribution in [0.4, 0.5) is 0 Å². The molecular weight excluding hydrogens is 200 g/mol. The molecule has 0 fully saturated rings. The molecule has 0 N–H and O–H groups in total. The van der Waals surface area contributed by atoms with Crippen LogP contribution >= 0.6 is 11.6 Å². The highest BCUT2D eigenvalue weighted by atomic mass is 35.5. The van der Waals surface area contributed by atoms with Crippen molar-refractivity contribution in [2.45, 2.75) is 19.8 Å². The molecule has 0 amide bonds. The van der Waals surface area contributed by atoms with E-state index in [9.17, 15) is 0 Å². The zero-order valence-corrected chi connectivity index (χ0v) is 9.52. The smallest absolute Gasteiger partial charge is 0.141 e. The largest absolute Gasteiger partial charge is 0.497 e. The van der Waals surface area contributed by atoms with Crippen molar-refractivity contribution in [3.63, 3.8) is 0 Å². The van der Waals surface area contributed by atoms with Crippen LogP contribution < -0.4 is 9.47 Å². The summed E-state index contributed by atoms with van der Waals surface area (Å²) in [6.45, 7) is 2.11. The van der Waals surface area contributed by atoms with Gasteiger partial charge >= 0.3 is 0 Å². The summed E-state index contributed by atoms with van der Waals surface area (Å²) < 4.78 is 10.3. The van der Waals surface area contributed by atoms with Gasteiger partial charge in [-0.3, -0.25) is 0 Å². The lowest BCUT2D eigenvalue weighted by atomic mass is 10.1. The first-order valence-electron chi connectivity index (χ1n) is 4.63. The van der Waals surface area contributed by atoms with Crippen LogP contribution in [0.5, 0.6) is 11.5 Å². The summed E-state index contributed by atoms with van der Waals surface area (Å²) in [5, 5.41) is 0.690. The Balaban J connectivity index is 3.12. The summed E-state index contributed by atoms with van der Waals surface area (Å²) >= 11 is 6.14. The SMILES string of the molecule is CCCc1cc(OC)cc(OC)c1Cl. The molecule has 0 aliphatic rings. The molecule has 0 heterocycles. The highest BCUT2D eigenvalue weighted by Gasteiger charge is 2.09. The second-order valence-corrected chi connectivity index (χ2v) is 3.43. The van der Waals surface area contributed by atoms with Gasteiger partial charge in [0.05, 0.1) is 19.2 Å². The number of aryl methyl sites for hydroxylation is 1. The van der Waals surface area contributed by atoms with Gasteiger partial charge in [0.1, 0.15) is 11.5 Å². The maximum atomic E-state index is 6.14. The number of benzene rings is 1. The van der Waals surface area contributed by atoms with Gasteiger partial charge in [0, 0.05) is 6.07 Å². The van der Waals surface area contributed by atoms with Gasteiger partial charge in [-0.1, -0.05) is 24.9 Å². The minimum absolute atomic E-state index is 0.675. The van der Waals surface area contributed by atoms with Crippen molar-refractivity contribution in [2.75, 3.05) is 14.2 Å². The molecule has 1 aromatic carbocycles. The zero-order valence-electron chi connectivity index (χ0n) is 8.76. The van der Waals surface area contributed by atoms with Crippen LogP contribution in [0.15, 0.2) is 12.1 Å². The third-order valence-electron chi connectivity index (χ3n) is 2.06. The predicted molar refractivity (Wildman–Crippen MR) is 58.6 cm³/mol. The van der Waals surface area contributed by atoms with E-state index >= 15 is 0 Å². The Kier molecular flexibility index (Phi) is 4.08. The average molecular weight is 215 g/mol. The molecule has 0 aliphatic carbocycles. The van der Waals surface area contributed by atoms with Gasteiger partial charge in [-0.15, -0.1) is 0 Å². The highest BCUT2D eigenvalue weighted by Crippen LogP contribution is 2.33. The molecule has 0 saturated heterocycles. The quantitative estimate of drug-likeness (QED) is 0.766. The zero-order chi connectivity index (χ0) is 10.6. The van der Waals surface area contributed by atoms with Crippen molar-refractivity contribution in [1.29, 1.82) is 0 Å². The van der Waals surface area contributed by atoms with Crippen LogP contribution in [0.2, 0.25) is 5.02 Å². The van der Waals surface area contributed by atoms with E-state index in [1.54, 1.807) is 20.3 Å². The molecule has 1 rings (SSSR count). The number of rotatable bonds is 4. The first-order valence-corrected chi connectivity index (χ1v) is 5.01. The molecule has 0 aromatic heterocycles. The molecule has 0 atom stereocenters. The minimum Gasteiger partial charge on any atom is -0.497 e. The molecule has 3 heteroatoms. The molecule has 1 aromatic rings. The lowest BCUT2D eigenvalue weighted by molar-refractivity contribution is 0.393. The van der Waals surface area contributed by atoms with E-state index in [1.165, 1.54) is 0 Å². The second kappa shape index (κ2) is 5.11. The highest BCUT2D eigenvalue weighted by molar-refractivity contribution is 6.32. The molecule has 0 aliphatic heterocycles. The molecule has 0 bridgehead atoms. The molecule has 0 spiro atoms. The molecular formula is C11H15ClO2. The standard InChI is InChI=1S/C11H15ClO2/c1-4-5-8-6-9(13-2)7-10(14-3)11(8)12/h6-7H,4-5H2,1-3H3. The number of ether oxygens (including phenoxy) is 2. The fraction of sp³-hybridized carbons (Fsp3) is 0.455. The van der Waals surface area contributed by atoms with E-state index < -0.39 is 0 Å². The van der Waals surface area contributed by atoms with E-state index in [0.29, 0.717) is 10.8 Å². The Morgan fingerprint density at radius 2 is 1.93 bits per heavy atom. The van der Waals surface area contributed by atoms with Crippen molar-refractivity contribution in [3.05, 3.63) is 22.7 Å². The third-order valence-corrected chi connectivity index (χ3v) is 2.49. The Bertz CT molecular complexity index is 310. The molecule has 0 saturated carbocycles. The van der Waals surface area contributed by atoms with E-state index in [4.69, 9.17) is 21.1 Å².